The number of allylic oxidation sites excluding steroid dienone is 3. The van der Waals surface area contributed by atoms with Crippen LogP contribution in [0.5, 0.6) is 0 Å². The molecule has 0 radical (unpaired) electrons. The van der Waals surface area contributed by atoms with Gasteiger partial charge in [0.2, 0.25) is 0 Å². The van der Waals surface area contributed by atoms with E-state index in [1.165, 1.54) is 6.08 Å². The molecular formula is C35H40O8. The number of esters is 3. The Hall–Kier alpha value is -3.26. The van der Waals surface area contributed by atoms with Crippen LogP contribution in [0.1, 0.15) is 67.2 Å². The van der Waals surface area contributed by atoms with E-state index in [9.17, 15) is 24.3 Å². The molecule has 2 saturated heterocycles. The molecule has 0 amide bonds. The predicted octanol–water partition coefficient (Wildman–Crippen LogP) is 4.48. The minimum Gasteiger partial charge on any atom is -0.460 e. The first-order chi connectivity index (χ1) is 20.1. The van der Waals surface area contributed by atoms with E-state index in [0.717, 1.165) is 16.7 Å². The second-order valence-electron chi connectivity index (χ2n) is 14.8. The van der Waals surface area contributed by atoms with Gasteiger partial charge in [-0.25, -0.2) is 9.59 Å². The van der Waals surface area contributed by atoms with Crippen LogP contribution >= 0.6 is 0 Å². The van der Waals surface area contributed by atoms with Gasteiger partial charge in [0, 0.05) is 52.2 Å². The van der Waals surface area contributed by atoms with Crippen molar-refractivity contribution in [1.29, 1.82) is 0 Å². The molecular weight excluding hydrogens is 548 g/mol. The highest BCUT2D eigenvalue weighted by Gasteiger charge is 2.84. The summed E-state index contributed by atoms with van der Waals surface area (Å²) >= 11 is 0. The lowest BCUT2D eigenvalue weighted by molar-refractivity contribution is -0.159. The van der Waals surface area contributed by atoms with Crippen LogP contribution in [0.3, 0.4) is 0 Å². The minimum atomic E-state index is -1.22. The quantitative estimate of drug-likeness (QED) is 0.217. The Bertz CT molecular complexity index is 1540. The minimum absolute atomic E-state index is 0.100. The number of ketones is 1. The fourth-order valence-electron chi connectivity index (χ4n) is 10.6. The Morgan fingerprint density at radius 2 is 1.84 bits per heavy atom. The van der Waals surface area contributed by atoms with Gasteiger partial charge in [-0.2, -0.15) is 0 Å². The van der Waals surface area contributed by atoms with Crippen LogP contribution in [0.4, 0.5) is 0 Å². The van der Waals surface area contributed by atoms with Gasteiger partial charge < -0.3 is 19.3 Å². The fraction of sp³-hybridized carbons (Fsp3) is 0.600. The Kier molecular flexibility index (Phi) is 5.75. The van der Waals surface area contributed by atoms with E-state index in [1.54, 1.807) is 6.08 Å². The molecule has 0 aromatic heterocycles. The summed E-state index contributed by atoms with van der Waals surface area (Å²) in [4.78, 5) is 54.0. The van der Waals surface area contributed by atoms with Crippen LogP contribution in [0.15, 0.2) is 58.7 Å². The first kappa shape index (κ1) is 28.5. The van der Waals surface area contributed by atoms with Crippen molar-refractivity contribution in [3.05, 3.63) is 58.7 Å². The molecule has 2 saturated carbocycles. The number of fused-ring (bicyclic) bond motifs is 6. The van der Waals surface area contributed by atoms with Crippen LogP contribution < -0.4 is 0 Å². The normalized spacial score (nSPS) is 47.3. The third-order valence-electron chi connectivity index (χ3n) is 12.4. The highest BCUT2D eigenvalue weighted by atomic mass is 16.6. The van der Waals surface area contributed by atoms with Crippen molar-refractivity contribution in [3.8, 4) is 0 Å². The second-order valence-corrected chi connectivity index (χ2v) is 14.8. The summed E-state index contributed by atoms with van der Waals surface area (Å²) in [7, 11) is 0. The van der Waals surface area contributed by atoms with Crippen LogP contribution in [0.2, 0.25) is 0 Å². The highest BCUT2D eigenvalue weighted by molar-refractivity contribution is 6.09. The number of aliphatic hydroxyl groups is 1. The van der Waals surface area contributed by atoms with Crippen molar-refractivity contribution in [2.24, 2.45) is 39.9 Å². The molecule has 8 heteroatoms. The van der Waals surface area contributed by atoms with E-state index in [2.05, 4.69) is 6.58 Å². The molecule has 7 rings (SSSR count). The summed E-state index contributed by atoms with van der Waals surface area (Å²) in [5.41, 5.74) is -0.796. The molecule has 1 N–H and O–H groups in total. The standard InChI is InChI=1S/C35H40O8/c1-16(2)12-23(37)41-22-14-18(4)24-21(36)13-17(3)25(24)28-26(22)35(31(39)43-28)15-34-11-10-32(35,6)29(34)27-20(8-9-33(34,7)40)19(5)30(38)42-27/h10-13,20,22,25-29,40H,5,8-9,14-15H2,1-4,6-7H3. The molecule has 11 unspecified atom stereocenters. The number of carbonyl (C=O) groups excluding carboxylic acids is 4. The zero-order valence-electron chi connectivity index (χ0n) is 25.7. The summed E-state index contributed by atoms with van der Waals surface area (Å²) in [6.45, 7) is 15.3. The molecule has 5 aliphatic carbocycles. The molecule has 8 nitrogen and oxygen atoms in total. The summed E-state index contributed by atoms with van der Waals surface area (Å²) in [6.07, 6.45) is 6.57. The van der Waals surface area contributed by atoms with Crippen molar-refractivity contribution in [1.82, 2.24) is 0 Å². The van der Waals surface area contributed by atoms with E-state index in [4.69, 9.17) is 14.2 Å². The Balaban J connectivity index is 1.44. The molecule has 228 valence electrons. The maximum atomic E-state index is 14.7. The zero-order chi connectivity index (χ0) is 31.0. The maximum Gasteiger partial charge on any atom is 0.334 e. The lowest BCUT2D eigenvalue weighted by Crippen LogP contribution is -2.53. The number of carbonyl (C=O) groups is 4. The fourth-order valence-corrected chi connectivity index (χ4v) is 10.6. The molecule has 43 heavy (non-hydrogen) atoms. The average molecular weight is 589 g/mol. The van der Waals surface area contributed by atoms with Crippen molar-refractivity contribution < 1.29 is 38.5 Å². The van der Waals surface area contributed by atoms with Gasteiger partial charge in [0.25, 0.3) is 0 Å². The molecule has 2 aliphatic heterocycles. The summed E-state index contributed by atoms with van der Waals surface area (Å²) in [5, 5.41) is 12.3. The SMILES string of the molecule is C=C1C(=O)OC2C1CCC(C)(O)C13C=CC(C)(C21)C1(C3)C(=O)OC2C3C(C)=CC(=O)C3=C(C)CC(OC(=O)C=C(C)C)C21. The summed E-state index contributed by atoms with van der Waals surface area (Å²) in [6, 6.07) is 0. The molecule has 11 atom stereocenters. The molecule has 0 aromatic carbocycles. The lowest BCUT2D eigenvalue weighted by Gasteiger charge is -2.46. The van der Waals surface area contributed by atoms with Crippen LogP contribution in [0, 0.1) is 39.9 Å². The van der Waals surface area contributed by atoms with Crippen LogP contribution in [-0.2, 0) is 33.4 Å². The first-order valence-electron chi connectivity index (χ1n) is 15.4. The van der Waals surface area contributed by atoms with E-state index >= 15 is 0 Å². The van der Waals surface area contributed by atoms with E-state index in [0.29, 0.717) is 24.0 Å². The zero-order valence-corrected chi connectivity index (χ0v) is 25.7. The van der Waals surface area contributed by atoms with Crippen LogP contribution in [0.25, 0.3) is 0 Å². The number of rotatable bonds is 2. The monoisotopic (exact) mass is 588 g/mol. The molecule has 0 aromatic rings. The van der Waals surface area contributed by atoms with Gasteiger partial charge >= 0.3 is 17.9 Å². The van der Waals surface area contributed by atoms with Gasteiger partial charge in [-0.05, 0) is 60.0 Å². The Morgan fingerprint density at radius 3 is 2.53 bits per heavy atom. The van der Waals surface area contributed by atoms with Gasteiger partial charge in [0.05, 0.1) is 16.9 Å². The molecule has 7 aliphatic rings. The third kappa shape index (κ3) is 3.31. The van der Waals surface area contributed by atoms with Gasteiger partial charge in [0.1, 0.15) is 18.3 Å². The number of ether oxygens (including phenoxy) is 3. The summed E-state index contributed by atoms with van der Waals surface area (Å²) < 4.78 is 18.7. The largest absolute Gasteiger partial charge is 0.460 e. The highest BCUT2D eigenvalue weighted by Crippen LogP contribution is 2.80. The number of hydrogen-bond donors (Lipinski definition) is 1. The van der Waals surface area contributed by atoms with Crippen molar-refractivity contribution in [3.63, 3.8) is 0 Å². The maximum absolute atomic E-state index is 14.7. The van der Waals surface area contributed by atoms with Crippen molar-refractivity contribution in [2.45, 2.75) is 91.1 Å². The summed E-state index contributed by atoms with van der Waals surface area (Å²) in [5.74, 6) is -3.21. The van der Waals surface area contributed by atoms with Gasteiger partial charge in [-0.1, -0.05) is 42.4 Å². The Labute approximate surface area is 251 Å². The second kappa shape index (κ2) is 8.68. The van der Waals surface area contributed by atoms with Gasteiger partial charge in [-0.15, -0.1) is 0 Å². The molecule has 4 fully saturated rings. The van der Waals surface area contributed by atoms with E-state index < -0.39 is 75.8 Å². The van der Waals surface area contributed by atoms with Gasteiger partial charge in [0.15, 0.2) is 5.78 Å². The smallest absolute Gasteiger partial charge is 0.334 e. The van der Waals surface area contributed by atoms with Gasteiger partial charge in [-0.3, -0.25) is 9.59 Å². The van der Waals surface area contributed by atoms with E-state index in [1.807, 2.05) is 53.7 Å². The number of hydrogen-bond acceptors (Lipinski definition) is 8. The molecule has 2 bridgehead atoms. The van der Waals surface area contributed by atoms with Crippen molar-refractivity contribution >= 4 is 23.7 Å². The van der Waals surface area contributed by atoms with E-state index in [-0.39, 0.29) is 24.5 Å². The molecule has 2 heterocycles. The topological polar surface area (TPSA) is 116 Å². The predicted molar refractivity (Wildman–Crippen MR) is 155 cm³/mol. The molecule has 1 spiro atoms. The first-order valence-corrected chi connectivity index (χ1v) is 15.4. The van der Waals surface area contributed by atoms with Crippen LogP contribution in [-0.4, -0.2) is 52.7 Å². The lowest BCUT2D eigenvalue weighted by atomic mass is 9.54. The average Bonchev–Trinajstić information content (AvgIpc) is 3.57. The third-order valence-corrected chi connectivity index (χ3v) is 12.4. The Morgan fingerprint density at radius 1 is 1.12 bits per heavy atom. The van der Waals surface area contributed by atoms with Crippen molar-refractivity contribution in [2.75, 3.05) is 0 Å².